The second-order valence-corrected chi connectivity index (χ2v) is 7.16. The van der Waals surface area contributed by atoms with E-state index in [1.165, 1.54) is 5.57 Å². The van der Waals surface area contributed by atoms with Crippen molar-refractivity contribution in [3.63, 3.8) is 0 Å². The first kappa shape index (κ1) is 19.2. The van der Waals surface area contributed by atoms with E-state index in [0.29, 0.717) is 35.9 Å². The maximum absolute atomic E-state index is 12.9. The molecule has 1 fully saturated rings. The maximum Gasteiger partial charge on any atom is 0.257 e. The Labute approximate surface area is 161 Å². The number of benzene rings is 1. The number of rotatable bonds is 7. The lowest BCUT2D eigenvalue weighted by Gasteiger charge is -2.20. The minimum absolute atomic E-state index is 0.0129. The standard InChI is InChI=1S/C22H28N2O3/c1-5-7-15(2)8-6-9-27-21-12-19-18(11-20(21)26-4)22(25)24-14-16(3)10-17(24)13-23-19/h7,11-13,17H,3,5-6,8-10,14H2,1-2,4H3/b15-7+. The zero-order valence-electron chi connectivity index (χ0n) is 16.5. The number of amides is 1. The van der Waals surface area contributed by atoms with Gasteiger partial charge in [-0.3, -0.25) is 9.79 Å². The van der Waals surface area contributed by atoms with Gasteiger partial charge in [-0.15, -0.1) is 0 Å². The van der Waals surface area contributed by atoms with Crippen molar-refractivity contribution in [1.82, 2.24) is 4.90 Å². The normalized spacial score (nSPS) is 19.0. The molecule has 1 unspecified atom stereocenters. The van der Waals surface area contributed by atoms with Gasteiger partial charge in [0, 0.05) is 18.8 Å². The molecule has 1 atom stereocenters. The highest BCUT2D eigenvalue weighted by molar-refractivity contribution is 6.03. The molecule has 0 spiro atoms. The average Bonchev–Trinajstić information content (AvgIpc) is 2.98. The van der Waals surface area contributed by atoms with Crippen LogP contribution in [0.5, 0.6) is 11.5 Å². The maximum atomic E-state index is 12.9. The average molecular weight is 368 g/mol. The molecule has 144 valence electrons. The molecule has 0 N–H and O–H groups in total. The van der Waals surface area contributed by atoms with E-state index in [1.54, 1.807) is 13.2 Å². The summed E-state index contributed by atoms with van der Waals surface area (Å²) in [6, 6.07) is 3.55. The van der Waals surface area contributed by atoms with Gasteiger partial charge in [-0.25, -0.2) is 0 Å². The lowest BCUT2D eigenvalue weighted by Crippen LogP contribution is -2.35. The van der Waals surface area contributed by atoms with Crippen molar-refractivity contribution in [3.8, 4) is 11.5 Å². The fourth-order valence-electron chi connectivity index (χ4n) is 3.59. The van der Waals surface area contributed by atoms with E-state index in [1.807, 2.05) is 17.2 Å². The van der Waals surface area contributed by atoms with Gasteiger partial charge in [-0.2, -0.15) is 0 Å². The Balaban J connectivity index is 1.77. The van der Waals surface area contributed by atoms with Crippen molar-refractivity contribution in [2.45, 2.75) is 45.6 Å². The van der Waals surface area contributed by atoms with E-state index >= 15 is 0 Å². The molecule has 5 heteroatoms. The highest BCUT2D eigenvalue weighted by Crippen LogP contribution is 2.38. The number of fused-ring (bicyclic) bond motifs is 2. The van der Waals surface area contributed by atoms with Crippen LogP contribution in [-0.2, 0) is 0 Å². The molecule has 3 rings (SSSR count). The minimum atomic E-state index is -0.0312. The molecule has 5 nitrogen and oxygen atoms in total. The van der Waals surface area contributed by atoms with Crippen LogP contribution in [0, 0.1) is 0 Å². The number of hydrogen-bond acceptors (Lipinski definition) is 4. The molecule has 0 aromatic heterocycles. The van der Waals surface area contributed by atoms with Crippen LogP contribution in [0.2, 0.25) is 0 Å². The molecule has 0 bridgehead atoms. The second-order valence-electron chi connectivity index (χ2n) is 7.16. The van der Waals surface area contributed by atoms with Crippen LogP contribution in [0.15, 0.2) is 40.9 Å². The van der Waals surface area contributed by atoms with Crippen LogP contribution in [0.3, 0.4) is 0 Å². The van der Waals surface area contributed by atoms with Crippen molar-refractivity contribution < 1.29 is 14.3 Å². The molecule has 0 radical (unpaired) electrons. The number of allylic oxidation sites excluding steroid dienone is 2. The van der Waals surface area contributed by atoms with E-state index in [9.17, 15) is 4.79 Å². The minimum Gasteiger partial charge on any atom is -0.493 e. The summed E-state index contributed by atoms with van der Waals surface area (Å²) >= 11 is 0. The summed E-state index contributed by atoms with van der Waals surface area (Å²) in [6.45, 7) is 9.47. The van der Waals surface area contributed by atoms with Crippen LogP contribution < -0.4 is 9.47 Å². The van der Waals surface area contributed by atoms with Crippen molar-refractivity contribution in [2.75, 3.05) is 20.3 Å². The van der Waals surface area contributed by atoms with Crippen LogP contribution in [0.1, 0.15) is 49.9 Å². The zero-order chi connectivity index (χ0) is 19.4. The number of methoxy groups -OCH3 is 1. The van der Waals surface area contributed by atoms with E-state index < -0.39 is 0 Å². The predicted molar refractivity (Wildman–Crippen MR) is 109 cm³/mol. The molecule has 0 aliphatic carbocycles. The summed E-state index contributed by atoms with van der Waals surface area (Å²) in [5.41, 5.74) is 3.63. The first-order valence-corrected chi connectivity index (χ1v) is 9.55. The Morgan fingerprint density at radius 2 is 2.22 bits per heavy atom. The molecule has 2 aliphatic heterocycles. The van der Waals surface area contributed by atoms with Gasteiger partial charge in [0.25, 0.3) is 5.91 Å². The molecule has 1 saturated heterocycles. The zero-order valence-corrected chi connectivity index (χ0v) is 16.5. The summed E-state index contributed by atoms with van der Waals surface area (Å²) < 4.78 is 11.4. The summed E-state index contributed by atoms with van der Waals surface area (Å²) in [5.74, 6) is 1.16. The molecule has 1 aromatic carbocycles. The fraction of sp³-hybridized carbons (Fsp3) is 0.455. The van der Waals surface area contributed by atoms with Crippen LogP contribution in [-0.4, -0.2) is 43.3 Å². The highest BCUT2D eigenvalue weighted by atomic mass is 16.5. The van der Waals surface area contributed by atoms with Gasteiger partial charge in [-0.1, -0.05) is 30.7 Å². The topological polar surface area (TPSA) is 51.1 Å². The van der Waals surface area contributed by atoms with Gasteiger partial charge < -0.3 is 14.4 Å². The van der Waals surface area contributed by atoms with Gasteiger partial charge in [-0.05, 0) is 38.7 Å². The van der Waals surface area contributed by atoms with E-state index in [-0.39, 0.29) is 11.9 Å². The predicted octanol–water partition coefficient (Wildman–Crippen LogP) is 4.70. The number of ether oxygens (including phenoxy) is 2. The first-order chi connectivity index (χ1) is 13.0. The summed E-state index contributed by atoms with van der Waals surface area (Å²) in [6.07, 6.45) is 7.86. The number of nitrogens with zero attached hydrogens (tertiary/aromatic N) is 2. The molecule has 0 saturated carbocycles. The fourth-order valence-corrected chi connectivity index (χ4v) is 3.59. The number of aliphatic imine (C=N–C) groups is 1. The molecule has 2 aliphatic rings. The molecule has 1 amide bonds. The van der Waals surface area contributed by atoms with Crippen molar-refractivity contribution in [1.29, 1.82) is 0 Å². The Hall–Kier alpha value is -2.56. The molecule has 27 heavy (non-hydrogen) atoms. The van der Waals surface area contributed by atoms with Crippen LogP contribution >= 0.6 is 0 Å². The van der Waals surface area contributed by atoms with E-state index in [0.717, 1.165) is 31.3 Å². The Bertz CT molecular complexity index is 795. The van der Waals surface area contributed by atoms with Crippen LogP contribution in [0.25, 0.3) is 0 Å². The largest absolute Gasteiger partial charge is 0.493 e. The highest BCUT2D eigenvalue weighted by Gasteiger charge is 2.34. The lowest BCUT2D eigenvalue weighted by molar-refractivity contribution is 0.0777. The van der Waals surface area contributed by atoms with Gasteiger partial charge in [0.15, 0.2) is 11.5 Å². The molecular weight excluding hydrogens is 340 g/mol. The van der Waals surface area contributed by atoms with Crippen LogP contribution in [0.4, 0.5) is 5.69 Å². The van der Waals surface area contributed by atoms with Crippen molar-refractivity contribution in [2.24, 2.45) is 4.99 Å². The molecule has 1 aromatic rings. The molecule has 2 heterocycles. The summed E-state index contributed by atoms with van der Waals surface area (Å²) in [7, 11) is 1.59. The third-order valence-corrected chi connectivity index (χ3v) is 4.98. The Morgan fingerprint density at radius 3 is 2.96 bits per heavy atom. The lowest BCUT2D eigenvalue weighted by atomic mass is 10.1. The van der Waals surface area contributed by atoms with E-state index in [2.05, 4.69) is 31.5 Å². The summed E-state index contributed by atoms with van der Waals surface area (Å²) in [4.78, 5) is 19.3. The van der Waals surface area contributed by atoms with E-state index in [4.69, 9.17) is 9.47 Å². The quantitative estimate of drug-likeness (QED) is 0.518. The Morgan fingerprint density at radius 1 is 1.41 bits per heavy atom. The van der Waals surface area contributed by atoms with Gasteiger partial charge in [0.1, 0.15) is 0 Å². The number of carbonyl (C=O) groups excluding carboxylic acids is 1. The third kappa shape index (κ3) is 4.24. The van der Waals surface area contributed by atoms with Crippen molar-refractivity contribution >= 4 is 17.8 Å². The first-order valence-electron chi connectivity index (χ1n) is 9.55. The Kier molecular flexibility index (Phi) is 5.99. The SMILES string of the molecule is C=C1CC2C=Nc3cc(OCCC/C(C)=C/CC)c(OC)cc3C(=O)N2C1. The number of hydrogen-bond donors (Lipinski definition) is 0. The monoisotopic (exact) mass is 368 g/mol. The second kappa shape index (κ2) is 8.42. The van der Waals surface area contributed by atoms with Crippen molar-refractivity contribution in [3.05, 3.63) is 41.5 Å². The van der Waals surface area contributed by atoms with Gasteiger partial charge in [0.05, 0.1) is 31.0 Å². The summed E-state index contributed by atoms with van der Waals surface area (Å²) in [5, 5.41) is 0. The number of carbonyl (C=O) groups is 1. The molecular formula is C22H28N2O3. The smallest absolute Gasteiger partial charge is 0.257 e. The van der Waals surface area contributed by atoms with Gasteiger partial charge in [0.2, 0.25) is 0 Å². The third-order valence-electron chi connectivity index (χ3n) is 4.98. The van der Waals surface area contributed by atoms with Gasteiger partial charge >= 0.3 is 0 Å².